The molecule has 2 aromatic heterocycles. The first-order valence-electron chi connectivity index (χ1n) is 14.0. The first-order valence-corrected chi connectivity index (χ1v) is 15.9. The molecule has 13 heteroatoms. The molecule has 0 radical (unpaired) electrons. The largest absolute Gasteiger partial charge is 0.379 e. The molecule has 0 aliphatic carbocycles. The van der Waals surface area contributed by atoms with Gasteiger partial charge in [0.05, 0.1) is 41.9 Å². The molecule has 4 aromatic rings. The topological polar surface area (TPSA) is 119 Å². The van der Waals surface area contributed by atoms with Crippen molar-refractivity contribution in [1.82, 2.24) is 19.9 Å². The number of sulfonamides is 1. The third kappa shape index (κ3) is 5.98. The fourth-order valence-corrected chi connectivity index (χ4v) is 6.15. The molecule has 2 aliphatic rings. The molecule has 4 heterocycles. The molecule has 0 saturated carbocycles. The summed E-state index contributed by atoms with van der Waals surface area (Å²) < 4.78 is 46.5. The van der Waals surface area contributed by atoms with E-state index in [4.69, 9.17) is 4.74 Å². The summed E-state index contributed by atoms with van der Waals surface area (Å²) in [6.45, 7) is 5.13. The molecule has 2 saturated heterocycles. The van der Waals surface area contributed by atoms with E-state index in [0.717, 1.165) is 63.9 Å². The fraction of sp³-hybridized carbons (Fsp3) is 0.379. The Morgan fingerprint density at radius 2 is 1.79 bits per heavy atom. The van der Waals surface area contributed by atoms with Crippen molar-refractivity contribution < 1.29 is 17.5 Å². The van der Waals surface area contributed by atoms with Gasteiger partial charge in [0.2, 0.25) is 16.0 Å². The zero-order valence-electron chi connectivity index (χ0n) is 23.7. The van der Waals surface area contributed by atoms with Crippen LogP contribution in [0.1, 0.15) is 12.8 Å². The summed E-state index contributed by atoms with van der Waals surface area (Å²) in [6, 6.07) is 14.5. The SMILES string of the molecule is CN(c1ccccc1Nc1nc(Nc2ccc(N3CCC(N4CCOCC4)CC3)c(F)c2)nc2[nH]ccc12)S(C)(=O)=O. The molecule has 0 spiro atoms. The Kier molecular flexibility index (Phi) is 7.88. The molecule has 0 bridgehead atoms. The van der Waals surface area contributed by atoms with Crippen molar-refractivity contribution in [2.75, 3.05) is 72.5 Å². The smallest absolute Gasteiger partial charge is 0.232 e. The molecule has 42 heavy (non-hydrogen) atoms. The second-order valence-electron chi connectivity index (χ2n) is 10.7. The van der Waals surface area contributed by atoms with Gasteiger partial charge in [0, 0.05) is 51.2 Å². The minimum atomic E-state index is -3.48. The van der Waals surface area contributed by atoms with Crippen molar-refractivity contribution in [1.29, 1.82) is 0 Å². The Bertz CT molecular complexity index is 1670. The maximum atomic E-state index is 15.4. The predicted octanol–water partition coefficient (Wildman–Crippen LogP) is 4.28. The number of nitrogens with one attached hydrogen (secondary N) is 3. The molecule has 0 unspecified atom stereocenters. The van der Waals surface area contributed by atoms with Crippen LogP contribution < -0.4 is 19.8 Å². The fourth-order valence-electron chi connectivity index (χ4n) is 5.64. The summed E-state index contributed by atoms with van der Waals surface area (Å²) >= 11 is 0. The van der Waals surface area contributed by atoms with Gasteiger partial charge >= 0.3 is 0 Å². The summed E-state index contributed by atoms with van der Waals surface area (Å²) in [7, 11) is -1.98. The van der Waals surface area contributed by atoms with Gasteiger partial charge in [-0.25, -0.2) is 12.8 Å². The predicted molar refractivity (Wildman–Crippen MR) is 164 cm³/mol. The number of hydrogen-bond donors (Lipinski definition) is 3. The molecule has 3 N–H and O–H groups in total. The summed E-state index contributed by atoms with van der Waals surface area (Å²) in [5, 5.41) is 7.11. The van der Waals surface area contributed by atoms with Crippen LogP contribution in [0.3, 0.4) is 0 Å². The molecule has 0 atom stereocenters. The second kappa shape index (κ2) is 11.7. The molecule has 6 rings (SSSR count). The highest BCUT2D eigenvalue weighted by Gasteiger charge is 2.27. The molecule has 2 fully saturated rings. The monoisotopic (exact) mass is 594 g/mol. The van der Waals surface area contributed by atoms with E-state index >= 15 is 4.39 Å². The van der Waals surface area contributed by atoms with Crippen LogP contribution >= 0.6 is 0 Å². The quantitative estimate of drug-likeness (QED) is 0.275. The number of hydrogen-bond acceptors (Lipinski definition) is 9. The summed E-state index contributed by atoms with van der Waals surface area (Å²) in [4.78, 5) is 16.9. The standard InChI is InChI=1S/C29H35FN8O3S/c1-36(42(2,39)40)26-6-4-3-5-24(26)33-28-22-9-12-31-27(22)34-29(35-28)32-20-7-8-25(23(30)19-20)38-13-10-21(11-14-38)37-15-17-41-18-16-37/h3-9,12,19,21H,10-11,13-18H2,1-2H3,(H3,31,32,33,34,35). The van der Waals surface area contributed by atoms with Crippen molar-refractivity contribution in [3.8, 4) is 0 Å². The average Bonchev–Trinajstić information content (AvgIpc) is 3.46. The Hall–Kier alpha value is -3.94. The van der Waals surface area contributed by atoms with E-state index in [0.29, 0.717) is 40.3 Å². The van der Waals surface area contributed by atoms with Crippen LogP contribution in [0.5, 0.6) is 0 Å². The van der Waals surface area contributed by atoms with E-state index in [-0.39, 0.29) is 11.8 Å². The number of H-pyrrole nitrogens is 1. The van der Waals surface area contributed by atoms with Crippen LogP contribution in [0.25, 0.3) is 11.0 Å². The zero-order chi connectivity index (χ0) is 29.3. The second-order valence-corrected chi connectivity index (χ2v) is 12.7. The number of piperidine rings is 1. The summed E-state index contributed by atoms with van der Waals surface area (Å²) in [5.74, 6) is 0.431. The Labute approximate surface area is 244 Å². The summed E-state index contributed by atoms with van der Waals surface area (Å²) in [5.41, 5.74) is 2.72. The van der Waals surface area contributed by atoms with Gasteiger partial charge < -0.3 is 25.3 Å². The molecular formula is C29H35FN8O3S. The number of ether oxygens (including phenoxy) is 1. The molecule has 0 amide bonds. The molecular weight excluding hydrogens is 559 g/mol. The number of anilines is 6. The highest BCUT2D eigenvalue weighted by molar-refractivity contribution is 7.92. The molecule has 2 aliphatic heterocycles. The number of para-hydroxylation sites is 2. The van der Waals surface area contributed by atoms with Crippen molar-refractivity contribution in [3.63, 3.8) is 0 Å². The minimum Gasteiger partial charge on any atom is -0.379 e. The number of rotatable bonds is 8. The van der Waals surface area contributed by atoms with Gasteiger partial charge in [-0.2, -0.15) is 9.97 Å². The first-order chi connectivity index (χ1) is 20.3. The van der Waals surface area contributed by atoms with Crippen molar-refractivity contribution in [2.45, 2.75) is 18.9 Å². The Balaban J connectivity index is 1.19. The van der Waals surface area contributed by atoms with Gasteiger partial charge in [0.1, 0.15) is 17.3 Å². The molecule has 222 valence electrons. The minimum absolute atomic E-state index is 0.264. The van der Waals surface area contributed by atoms with Crippen LogP contribution in [0.2, 0.25) is 0 Å². The third-order valence-electron chi connectivity index (χ3n) is 7.98. The number of nitrogens with zero attached hydrogens (tertiary/aromatic N) is 5. The number of benzene rings is 2. The lowest BCUT2D eigenvalue weighted by Gasteiger charge is -2.40. The van der Waals surface area contributed by atoms with E-state index < -0.39 is 10.0 Å². The van der Waals surface area contributed by atoms with Gasteiger partial charge in [0.15, 0.2) is 0 Å². The summed E-state index contributed by atoms with van der Waals surface area (Å²) in [6.07, 6.45) is 4.91. The van der Waals surface area contributed by atoms with Crippen LogP contribution in [0.4, 0.5) is 38.9 Å². The third-order valence-corrected chi connectivity index (χ3v) is 9.17. The van der Waals surface area contributed by atoms with Crippen molar-refractivity contribution >= 4 is 55.6 Å². The van der Waals surface area contributed by atoms with Gasteiger partial charge in [-0.15, -0.1) is 0 Å². The van der Waals surface area contributed by atoms with Gasteiger partial charge in [-0.1, -0.05) is 12.1 Å². The Morgan fingerprint density at radius 3 is 2.52 bits per heavy atom. The van der Waals surface area contributed by atoms with Crippen molar-refractivity contribution in [3.05, 3.63) is 60.5 Å². The average molecular weight is 595 g/mol. The molecule has 2 aromatic carbocycles. The lowest BCUT2D eigenvalue weighted by atomic mass is 10.0. The molecule has 11 nitrogen and oxygen atoms in total. The highest BCUT2D eigenvalue weighted by atomic mass is 32.2. The van der Waals surface area contributed by atoms with Crippen LogP contribution in [0, 0.1) is 5.82 Å². The van der Waals surface area contributed by atoms with E-state index in [2.05, 4.69) is 35.4 Å². The van der Waals surface area contributed by atoms with Gasteiger partial charge in [0.25, 0.3) is 0 Å². The van der Waals surface area contributed by atoms with Crippen LogP contribution in [0.15, 0.2) is 54.7 Å². The van der Waals surface area contributed by atoms with E-state index in [1.807, 2.05) is 18.2 Å². The van der Waals surface area contributed by atoms with E-state index in [1.165, 1.54) is 17.4 Å². The van der Waals surface area contributed by atoms with E-state index in [1.54, 1.807) is 30.5 Å². The number of aromatic amines is 1. The number of fused-ring (bicyclic) bond motifs is 1. The van der Waals surface area contributed by atoms with Gasteiger partial charge in [-0.05, 0) is 49.2 Å². The maximum absolute atomic E-state index is 15.4. The lowest BCUT2D eigenvalue weighted by Crippen LogP contribution is -2.49. The number of aromatic nitrogens is 3. The maximum Gasteiger partial charge on any atom is 0.232 e. The number of halogens is 1. The zero-order valence-corrected chi connectivity index (χ0v) is 24.5. The normalized spacial score (nSPS) is 17.0. The highest BCUT2D eigenvalue weighted by Crippen LogP contribution is 2.33. The lowest BCUT2D eigenvalue weighted by molar-refractivity contribution is 0.0115. The van der Waals surface area contributed by atoms with Crippen LogP contribution in [-0.2, 0) is 14.8 Å². The van der Waals surface area contributed by atoms with E-state index in [9.17, 15) is 8.42 Å². The number of morpholine rings is 1. The van der Waals surface area contributed by atoms with Gasteiger partial charge in [-0.3, -0.25) is 9.21 Å². The van der Waals surface area contributed by atoms with Crippen molar-refractivity contribution in [2.24, 2.45) is 0 Å². The Morgan fingerprint density at radius 1 is 1.02 bits per heavy atom. The van der Waals surface area contributed by atoms with Crippen LogP contribution in [-0.4, -0.2) is 87.0 Å². The first kappa shape index (κ1) is 28.2.